The molecule has 0 aromatic heterocycles. The standard InChI is InChI=1S/C14H8F3NOS/c15-11-1-2-13(17)14(6-11)20(19)8-10-3-9(7-18)4-12(16)5-10/h1-6H,8H2. The van der Waals surface area contributed by atoms with Gasteiger partial charge in [-0.2, -0.15) is 5.26 Å². The lowest BCUT2D eigenvalue weighted by Gasteiger charge is -2.05. The summed E-state index contributed by atoms with van der Waals surface area (Å²) in [5, 5.41) is 8.72. The molecule has 0 bridgehead atoms. The molecule has 1 atom stereocenters. The van der Waals surface area contributed by atoms with E-state index in [1.54, 1.807) is 6.07 Å². The molecule has 0 aliphatic heterocycles. The van der Waals surface area contributed by atoms with Gasteiger partial charge in [-0.25, -0.2) is 13.2 Å². The van der Waals surface area contributed by atoms with Crippen molar-refractivity contribution in [2.75, 3.05) is 0 Å². The van der Waals surface area contributed by atoms with Gasteiger partial charge in [-0.1, -0.05) is 0 Å². The Balaban J connectivity index is 2.30. The van der Waals surface area contributed by atoms with Gasteiger partial charge in [0.1, 0.15) is 17.5 Å². The molecule has 2 nitrogen and oxygen atoms in total. The van der Waals surface area contributed by atoms with E-state index < -0.39 is 28.3 Å². The fraction of sp³-hybridized carbons (Fsp3) is 0.0714. The van der Waals surface area contributed by atoms with Gasteiger partial charge in [0, 0.05) is 0 Å². The monoisotopic (exact) mass is 295 g/mol. The SMILES string of the molecule is N#Cc1cc(F)cc(CS(=O)c2cc(F)ccc2F)c1. The predicted octanol–water partition coefficient (Wildman–Crippen LogP) is 3.28. The zero-order chi connectivity index (χ0) is 14.7. The number of halogens is 3. The minimum absolute atomic E-state index is 0.0803. The first-order chi connectivity index (χ1) is 9.49. The van der Waals surface area contributed by atoms with E-state index in [9.17, 15) is 17.4 Å². The summed E-state index contributed by atoms with van der Waals surface area (Å²) < 4.78 is 51.7. The highest BCUT2D eigenvalue weighted by atomic mass is 32.2. The van der Waals surface area contributed by atoms with Gasteiger partial charge in [-0.05, 0) is 42.0 Å². The number of nitriles is 1. The van der Waals surface area contributed by atoms with Gasteiger partial charge in [0.15, 0.2) is 0 Å². The summed E-state index contributed by atoms with van der Waals surface area (Å²) in [7, 11) is -1.87. The van der Waals surface area contributed by atoms with Gasteiger partial charge in [0.25, 0.3) is 0 Å². The van der Waals surface area contributed by atoms with E-state index in [1.807, 2.05) is 0 Å². The van der Waals surface area contributed by atoms with Gasteiger partial charge in [-0.3, -0.25) is 4.21 Å². The van der Waals surface area contributed by atoms with Crippen molar-refractivity contribution in [3.63, 3.8) is 0 Å². The summed E-state index contributed by atoms with van der Waals surface area (Å²) in [5.41, 5.74) is 0.361. The molecule has 0 radical (unpaired) electrons. The Labute approximate surface area is 115 Å². The molecule has 2 rings (SSSR count). The van der Waals surface area contributed by atoms with E-state index >= 15 is 0 Å². The van der Waals surface area contributed by atoms with Crippen LogP contribution in [0.1, 0.15) is 11.1 Å². The van der Waals surface area contributed by atoms with Gasteiger partial charge >= 0.3 is 0 Å². The van der Waals surface area contributed by atoms with Gasteiger partial charge in [0.05, 0.1) is 33.1 Å². The van der Waals surface area contributed by atoms with E-state index in [2.05, 4.69) is 0 Å². The van der Waals surface area contributed by atoms with Crippen molar-refractivity contribution >= 4 is 10.8 Å². The molecule has 1 unspecified atom stereocenters. The van der Waals surface area contributed by atoms with Crippen molar-refractivity contribution in [1.29, 1.82) is 5.26 Å². The molecule has 2 aromatic rings. The lowest BCUT2D eigenvalue weighted by Crippen LogP contribution is -2.01. The maximum Gasteiger partial charge on any atom is 0.139 e. The Morgan fingerprint density at radius 3 is 2.50 bits per heavy atom. The average Bonchev–Trinajstić information content (AvgIpc) is 2.40. The highest BCUT2D eigenvalue weighted by molar-refractivity contribution is 7.84. The summed E-state index contributed by atoms with van der Waals surface area (Å²) in [6.45, 7) is 0. The van der Waals surface area contributed by atoms with Crippen LogP contribution in [0.4, 0.5) is 13.2 Å². The molecule has 6 heteroatoms. The third-order valence-electron chi connectivity index (χ3n) is 2.52. The Bertz CT molecular complexity index is 725. The summed E-state index contributed by atoms with van der Waals surface area (Å²) in [6.07, 6.45) is 0. The number of hydrogen-bond acceptors (Lipinski definition) is 2. The second-order valence-electron chi connectivity index (χ2n) is 4.02. The van der Waals surface area contributed by atoms with Crippen LogP contribution in [0.5, 0.6) is 0 Å². The lowest BCUT2D eigenvalue weighted by atomic mass is 10.1. The molecule has 0 saturated heterocycles. The first-order valence-corrected chi connectivity index (χ1v) is 6.84. The van der Waals surface area contributed by atoms with Crippen molar-refractivity contribution in [3.05, 3.63) is 65.0 Å². The van der Waals surface area contributed by atoms with Crippen molar-refractivity contribution in [2.24, 2.45) is 0 Å². The Morgan fingerprint density at radius 1 is 1.05 bits per heavy atom. The Hall–Kier alpha value is -2.13. The molecule has 2 aromatic carbocycles. The van der Waals surface area contributed by atoms with E-state index in [1.165, 1.54) is 6.07 Å². The van der Waals surface area contributed by atoms with Crippen LogP contribution in [0.15, 0.2) is 41.3 Å². The first-order valence-electron chi connectivity index (χ1n) is 5.52. The first kappa shape index (κ1) is 14.3. The molecule has 102 valence electrons. The summed E-state index contributed by atoms with van der Waals surface area (Å²) in [6, 6.07) is 7.92. The molecule has 0 amide bonds. The van der Waals surface area contributed by atoms with Crippen molar-refractivity contribution in [1.82, 2.24) is 0 Å². The molecule has 0 spiro atoms. The van der Waals surface area contributed by atoms with Crippen molar-refractivity contribution in [2.45, 2.75) is 10.6 Å². The predicted molar refractivity (Wildman–Crippen MR) is 67.6 cm³/mol. The normalized spacial score (nSPS) is 11.9. The second-order valence-corrected chi connectivity index (χ2v) is 5.44. The molecule has 0 N–H and O–H groups in total. The van der Waals surface area contributed by atoms with E-state index in [4.69, 9.17) is 5.26 Å². The molecule has 0 heterocycles. The number of rotatable bonds is 3. The molecule has 20 heavy (non-hydrogen) atoms. The van der Waals surface area contributed by atoms with Crippen molar-refractivity contribution in [3.8, 4) is 6.07 Å². The number of nitrogens with zero attached hydrogens (tertiary/aromatic N) is 1. The lowest BCUT2D eigenvalue weighted by molar-refractivity contribution is 0.572. The molecular weight excluding hydrogens is 287 g/mol. The van der Waals surface area contributed by atoms with Crippen LogP contribution in [0.25, 0.3) is 0 Å². The van der Waals surface area contributed by atoms with Crippen LogP contribution in [0.2, 0.25) is 0 Å². The Morgan fingerprint density at radius 2 is 1.80 bits per heavy atom. The number of hydrogen-bond donors (Lipinski definition) is 0. The van der Waals surface area contributed by atoms with Crippen LogP contribution >= 0.6 is 0 Å². The quantitative estimate of drug-likeness (QED) is 0.872. The zero-order valence-corrected chi connectivity index (χ0v) is 10.9. The zero-order valence-electron chi connectivity index (χ0n) is 10.1. The minimum Gasteiger partial charge on any atom is -0.254 e. The van der Waals surface area contributed by atoms with Gasteiger partial charge in [0.2, 0.25) is 0 Å². The number of benzene rings is 2. The minimum atomic E-state index is -1.87. The summed E-state index contributed by atoms with van der Waals surface area (Å²) >= 11 is 0. The van der Waals surface area contributed by atoms with E-state index in [-0.39, 0.29) is 21.8 Å². The smallest absolute Gasteiger partial charge is 0.139 e. The Kier molecular flexibility index (Phi) is 4.20. The second kappa shape index (κ2) is 5.88. The van der Waals surface area contributed by atoms with Crippen LogP contribution < -0.4 is 0 Å². The summed E-state index contributed by atoms with van der Waals surface area (Å²) in [4.78, 5) is -0.284. The third-order valence-corrected chi connectivity index (χ3v) is 3.92. The molecule has 0 aliphatic carbocycles. The van der Waals surface area contributed by atoms with Crippen molar-refractivity contribution < 1.29 is 17.4 Å². The summed E-state index contributed by atoms with van der Waals surface area (Å²) in [5.74, 6) is -2.34. The molecule has 0 fully saturated rings. The van der Waals surface area contributed by atoms with Crippen LogP contribution in [-0.4, -0.2) is 4.21 Å². The average molecular weight is 295 g/mol. The van der Waals surface area contributed by atoms with Crippen LogP contribution in [0.3, 0.4) is 0 Å². The molecule has 0 saturated carbocycles. The highest BCUT2D eigenvalue weighted by Gasteiger charge is 2.13. The molecule has 0 aliphatic rings. The van der Waals surface area contributed by atoms with E-state index in [0.29, 0.717) is 0 Å². The highest BCUT2D eigenvalue weighted by Crippen LogP contribution is 2.18. The maximum absolute atomic E-state index is 13.5. The van der Waals surface area contributed by atoms with Crippen LogP contribution in [0, 0.1) is 28.8 Å². The van der Waals surface area contributed by atoms with Gasteiger partial charge in [-0.15, -0.1) is 0 Å². The van der Waals surface area contributed by atoms with Gasteiger partial charge < -0.3 is 0 Å². The third kappa shape index (κ3) is 3.25. The fourth-order valence-corrected chi connectivity index (χ4v) is 2.83. The maximum atomic E-state index is 13.5. The fourth-order valence-electron chi connectivity index (χ4n) is 1.68. The van der Waals surface area contributed by atoms with E-state index in [0.717, 1.165) is 30.3 Å². The largest absolute Gasteiger partial charge is 0.254 e. The topological polar surface area (TPSA) is 40.9 Å². The van der Waals surface area contributed by atoms with Crippen LogP contribution in [-0.2, 0) is 16.6 Å². The molecular formula is C14H8F3NOS.